The van der Waals surface area contributed by atoms with Crippen molar-refractivity contribution < 1.29 is 0 Å². The van der Waals surface area contributed by atoms with Gasteiger partial charge < -0.3 is 0 Å². The van der Waals surface area contributed by atoms with Crippen LogP contribution in [0.2, 0.25) is 0 Å². The van der Waals surface area contributed by atoms with Gasteiger partial charge in [-0.25, -0.2) is 0 Å². The van der Waals surface area contributed by atoms with E-state index in [1.807, 2.05) is 36.9 Å². The van der Waals surface area contributed by atoms with Crippen LogP contribution in [-0.4, -0.2) is 9.97 Å². The summed E-state index contributed by atoms with van der Waals surface area (Å²) in [4.78, 5) is 8.57. The summed E-state index contributed by atoms with van der Waals surface area (Å²) in [5.74, 6) is 0. The summed E-state index contributed by atoms with van der Waals surface area (Å²) >= 11 is 0. The molecule has 4 bridgehead atoms. The summed E-state index contributed by atoms with van der Waals surface area (Å²) in [7, 11) is 0. The lowest BCUT2D eigenvalue weighted by Crippen LogP contribution is -2.02. The maximum absolute atomic E-state index is 4.28. The van der Waals surface area contributed by atoms with Crippen molar-refractivity contribution in [3.05, 3.63) is 156 Å². The van der Waals surface area contributed by atoms with Crippen LogP contribution in [0, 0.1) is 0 Å². The van der Waals surface area contributed by atoms with Gasteiger partial charge in [0.1, 0.15) is 0 Å². The van der Waals surface area contributed by atoms with Gasteiger partial charge >= 0.3 is 0 Å². The van der Waals surface area contributed by atoms with Crippen molar-refractivity contribution in [1.82, 2.24) is 9.97 Å². The molecule has 0 spiro atoms. The Morgan fingerprint density at radius 2 is 0.800 bits per heavy atom. The fourth-order valence-electron chi connectivity index (χ4n) is 5.84. The molecule has 2 heteroatoms. The average molecular weight is 515 g/mol. The van der Waals surface area contributed by atoms with Crippen LogP contribution in [0.15, 0.2) is 134 Å². The predicted octanol–water partition coefficient (Wildman–Crippen LogP) is 9.03. The van der Waals surface area contributed by atoms with Crippen molar-refractivity contribution in [3.63, 3.8) is 0 Å². The third-order valence-corrected chi connectivity index (χ3v) is 8.10. The molecule has 0 atom stereocenters. The minimum atomic E-state index is 1.00. The molecule has 6 aromatic rings. The third kappa shape index (κ3) is 4.97. The molecule has 0 amide bonds. The van der Waals surface area contributed by atoms with Gasteiger partial charge in [0.25, 0.3) is 0 Å². The van der Waals surface area contributed by atoms with Crippen molar-refractivity contribution in [3.8, 4) is 44.5 Å². The van der Waals surface area contributed by atoms with E-state index in [0.29, 0.717) is 0 Å². The number of rotatable bonds is 4. The molecule has 192 valence electrons. The first kappa shape index (κ1) is 24.2. The Kier molecular flexibility index (Phi) is 6.51. The van der Waals surface area contributed by atoms with E-state index >= 15 is 0 Å². The predicted molar refractivity (Wildman–Crippen MR) is 165 cm³/mol. The van der Waals surface area contributed by atoms with Crippen LogP contribution >= 0.6 is 0 Å². The average Bonchev–Trinajstić information content (AvgIpc) is 3.03. The van der Waals surface area contributed by atoms with E-state index < -0.39 is 0 Å². The second-order valence-electron chi connectivity index (χ2n) is 10.6. The van der Waals surface area contributed by atoms with Gasteiger partial charge in [-0.1, -0.05) is 97.1 Å². The lowest BCUT2D eigenvalue weighted by molar-refractivity contribution is 0.925. The van der Waals surface area contributed by atoms with Crippen LogP contribution in [0.4, 0.5) is 0 Å². The molecule has 10 rings (SSSR count). The van der Waals surface area contributed by atoms with E-state index in [4.69, 9.17) is 0 Å². The molecule has 2 aromatic heterocycles. The second-order valence-corrected chi connectivity index (χ2v) is 10.6. The van der Waals surface area contributed by atoms with Crippen LogP contribution in [-0.2, 0) is 25.7 Å². The summed E-state index contributed by atoms with van der Waals surface area (Å²) in [5.41, 5.74) is 15.5. The second kappa shape index (κ2) is 10.7. The first-order valence-corrected chi connectivity index (χ1v) is 14.1. The number of hydrogen-bond donors (Lipinski definition) is 0. The third-order valence-electron chi connectivity index (χ3n) is 8.10. The molecule has 4 aliphatic carbocycles. The van der Waals surface area contributed by atoms with Crippen LogP contribution in [0.5, 0.6) is 0 Å². The largest absolute Gasteiger partial charge is 0.264 e. The van der Waals surface area contributed by atoms with Crippen molar-refractivity contribution in [2.45, 2.75) is 25.7 Å². The molecule has 0 aliphatic heterocycles. The molecule has 4 aliphatic rings. The normalized spacial score (nSPS) is 12.6. The van der Waals surface area contributed by atoms with Crippen LogP contribution in [0.25, 0.3) is 44.5 Å². The highest BCUT2D eigenvalue weighted by atomic mass is 14.6. The summed E-state index contributed by atoms with van der Waals surface area (Å²) in [6.07, 6.45) is 11.5. The minimum Gasteiger partial charge on any atom is -0.264 e. The van der Waals surface area contributed by atoms with Gasteiger partial charge in [-0.2, -0.15) is 0 Å². The zero-order valence-electron chi connectivity index (χ0n) is 22.4. The van der Waals surface area contributed by atoms with Gasteiger partial charge in [-0.15, -0.1) is 0 Å². The smallest absolute Gasteiger partial charge is 0.0346 e. The lowest BCUT2D eigenvalue weighted by Gasteiger charge is -2.18. The molecule has 0 fully saturated rings. The Morgan fingerprint density at radius 1 is 0.375 bits per heavy atom. The van der Waals surface area contributed by atoms with Gasteiger partial charge in [0.05, 0.1) is 0 Å². The summed E-state index contributed by atoms with van der Waals surface area (Å²) in [6.45, 7) is 0. The highest BCUT2D eigenvalue weighted by Gasteiger charge is 2.14. The molecular weight excluding hydrogens is 484 g/mol. The Hall–Kier alpha value is -4.82. The molecule has 0 radical (unpaired) electrons. The molecule has 0 N–H and O–H groups in total. The molecular formula is C38H30N2. The van der Waals surface area contributed by atoms with Crippen molar-refractivity contribution in [2.75, 3.05) is 0 Å². The standard InChI is InChI=1S/C38H30N2/c1-3-35(25-39-21-1)29-11-15-33(16-12-29)37-23-27-5-6-28-8-10-32(20-19-31(37)9-7-27)38(24-28)34-17-13-30(14-18-34)36-4-2-22-40-26-36/h1-4,7-18,21-26H,5-6,19-20H2. The topological polar surface area (TPSA) is 25.8 Å². The fraction of sp³-hybridized carbons (Fsp3) is 0.105. The Labute approximate surface area is 236 Å². The zero-order valence-corrected chi connectivity index (χ0v) is 22.4. The quantitative estimate of drug-likeness (QED) is 0.234. The summed E-state index contributed by atoms with van der Waals surface area (Å²) in [5, 5.41) is 0. The zero-order chi connectivity index (χ0) is 26.7. The van der Waals surface area contributed by atoms with E-state index in [-0.39, 0.29) is 0 Å². The molecule has 2 nitrogen and oxygen atoms in total. The van der Waals surface area contributed by atoms with Crippen molar-refractivity contribution >= 4 is 0 Å². The number of hydrogen-bond acceptors (Lipinski definition) is 2. The molecule has 40 heavy (non-hydrogen) atoms. The van der Waals surface area contributed by atoms with Crippen LogP contribution in [0.3, 0.4) is 0 Å². The molecule has 4 aromatic carbocycles. The van der Waals surface area contributed by atoms with Gasteiger partial charge in [0, 0.05) is 24.8 Å². The number of aromatic nitrogens is 2. The Bertz CT molecular complexity index is 1620. The van der Waals surface area contributed by atoms with E-state index in [0.717, 1.165) is 36.8 Å². The SMILES string of the molecule is c1cncc(-c2ccc(-c3cc4ccc3CCc3ccc(cc3-c3ccc(-c5cccnc5)cc3)CC4)cc2)c1. The maximum Gasteiger partial charge on any atom is 0.0346 e. The first-order chi connectivity index (χ1) is 19.8. The van der Waals surface area contributed by atoms with Gasteiger partial charge in [-0.05, 0) is 105 Å². The summed E-state index contributed by atoms with van der Waals surface area (Å²) < 4.78 is 0. The monoisotopic (exact) mass is 514 g/mol. The Balaban J connectivity index is 1.21. The fourth-order valence-corrected chi connectivity index (χ4v) is 5.84. The number of pyridine rings is 2. The van der Waals surface area contributed by atoms with Crippen molar-refractivity contribution in [1.29, 1.82) is 0 Å². The molecule has 0 unspecified atom stereocenters. The van der Waals surface area contributed by atoms with Gasteiger partial charge in [0.15, 0.2) is 0 Å². The number of aryl methyl sites for hydroxylation is 4. The van der Waals surface area contributed by atoms with Gasteiger partial charge in [0.2, 0.25) is 0 Å². The number of nitrogens with zero attached hydrogens (tertiary/aromatic N) is 2. The maximum atomic E-state index is 4.28. The summed E-state index contributed by atoms with van der Waals surface area (Å²) in [6, 6.07) is 40.3. The molecule has 0 saturated heterocycles. The molecule has 2 heterocycles. The van der Waals surface area contributed by atoms with E-state index in [1.54, 1.807) is 0 Å². The van der Waals surface area contributed by atoms with Gasteiger partial charge in [-0.3, -0.25) is 9.97 Å². The molecule has 0 saturated carbocycles. The minimum absolute atomic E-state index is 1.00. The highest BCUT2D eigenvalue weighted by molar-refractivity contribution is 5.74. The van der Waals surface area contributed by atoms with Crippen molar-refractivity contribution in [2.24, 2.45) is 0 Å². The van der Waals surface area contributed by atoms with Crippen LogP contribution < -0.4 is 0 Å². The number of benzene rings is 4. The highest BCUT2D eigenvalue weighted by Crippen LogP contribution is 2.33. The lowest BCUT2D eigenvalue weighted by atomic mass is 9.87. The first-order valence-electron chi connectivity index (χ1n) is 14.1. The van der Waals surface area contributed by atoms with E-state index in [9.17, 15) is 0 Å². The van der Waals surface area contributed by atoms with E-state index in [2.05, 4.69) is 107 Å². The Morgan fingerprint density at radius 3 is 1.20 bits per heavy atom. The van der Waals surface area contributed by atoms with Crippen LogP contribution in [0.1, 0.15) is 22.3 Å². The van der Waals surface area contributed by atoms with E-state index in [1.165, 1.54) is 55.6 Å².